The Kier molecular flexibility index (Phi) is 8.12. The minimum Gasteiger partial charge on any atom is -0.484 e. The third-order valence-corrected chi connectivity index (χ3v) is 4.33. The maximum absolute atomic E-state index is 14.1. The van der Waals surface area contributed by atoms with Gasteiger partial charge in [0.15, 0.2) is 6.61 Å². The van der Waals surface area contributed by atoms with Crippen LogP contribution in [0.5, 0.6) is 5.75 Å². The van der Waals surface area contributed by atoms with Gasteiger partial charge in [-0.25, -0.2) is 8.78 Å². The van der Waals surface area contributed by atoms with Crippen molar-refractivity contribution >= 4 is 11.8 Å². The Morgan fingerprint density at radius 3 is 2.31 bits per heavy atom. The Balaban J connectivity index is 2.13. The molecule has 1 N–H and O–H groups in total. The van der Waals surface area contributed by atoms with E-state index in [0.29, 0.717) is 17.9 Å². The standard InChI is InChI=1S/C22H26F2N2O3/c1-15(2)12-25-22(28)16(3)26(13-17-6-4-5-7-20(17)24)21(27)14-29-19-10-8-18(23)9-11-19/h4-11,15-16H,12-14H2,1-3H3,(H,25,28). The number of carbonyl (C=O) groups is 2. The summed E-state index contributed by atoms with van der Waals surface area (Å²) in [6, 6.07) is 10.5. The fraction of sp³-hybridized carbons (Fsp3) is 0.364. The molecule has 1 atom stereocenters. The molecule has 0 radical (unpaired) electrons. The van der Waals surface area contributed by atoms with Crippen LogP contribution in [0.1, 0.15) is 26.3 Å². The van der Waals surface area contributed by atoms with Crippen LogP contribution in [0.15, 0.2) is 48.5 Å². The molecule has 2 rings (SSSR count). The zero-order valence-corrected chi connectivity index (χ0v) is 16.8. The van der Waals surface area contributed by atoms with E-state index in [9.17, 15) is 18.4 Å². The summed E-state index contributed by atoms with van der Waals surface area (Å²) in [7, 11) is 0. The number of rotatable bonds is 9. The summed E-state index contributed by atoms with van der Waals surface area (Å²) in [4.78, 5) is 26.6. The van der Waals surface area contributed by atoms with Crippen LogP contribution in [-0.4, -0.2) is 35.9 Å². The molecular weight excluding hydrogens is 378 g/mol. The van der Waals surface area contributed by atoms with Crippen molar-refractivity contribution in [3.8, 4) is 5.75 Å². The van der Waals surface area contributed by atoms with Crippen LogP contribution in [0.2, 0.25) is 0 Å². The Hall–Kier alpha value is -2.96. The van der Waals surface area contributed by atoms with Crippen LogP contribution in [0.25, 0.3) is 0 Å². The molecule has 0 saturated heterocycles. The molecule has 2 aromatic carbocycles. The number of hydrogen-bond donors (Lipinski definition) is 1. The Bertz CT molecular complexity index is 825. The molecule has 0 aliphatic rings. The van der Waals surface area contributed by atoms with E-state index in [0.717, 1.165) is 0 Å². The molecule has 0 spiro atoms. The normalized spacial score (nSPS) is 11.8. The molecule has 1 unspecified atom stereocenters. The minimum atomic E-state index is -0.822. The van der Waals surface area contributed by atoms with Gasteiger partial charge in [0.2, 0.25) is 5.91 Å². The monoisotopic (exact) mass is 404 g/mol. The molecule has 156 valence electrons. The van der Waals surface area contributed by atoms with E-state index < -0.39 is 23.6 Å². The molecule has 0 bridgehead atoms. The first-order valence-electron chi connectivity index (χ1n) is 9.47. The van der Waals surface area contributed by atoms with Crippen LogP contribution in [0.4, 0.5) is 8.78 Å². The molecule has 0 saturated carbocycles. The lowest BCUT2D eigenvalue weighted by Crippen LogP contribution is -2.49. The van der Waals surface area contributed by atoms with Crippen molar-refractivity contribution in [1.29, 1.82) is 0 Å². The first-order valence-corrected chi connectivity index (χ1v) is 9.47. The second kappa shape index (κ2) is 10.5. The summed E-state index contributed by atoms with van der Waals surface area (Å²) in [5.74, 6) is -1.11. The molecule has 7 heteroatoms. The molecule has 29 heavy (non-hydrogen) atoms. The van der Waals surface area contributed by atoms with Gasteiger partial charge in [-0.05, 0) is 43.2 Å². The van der Waals surface area contributed by atoms with E-state index in [-0.39, 0.29) is 25.0 Å². The van der Waals surface area contributed by atoms with Gasteiger partial charge in [0.1, 0.15) is 23.4 Å². The van der Waals surface area contributed by atoms with Crippen molar-refractivity contribution in [2.45, 2.75) is 33.4 Å². The molecule has 0 heterocycles. The average molecular weight is 404 g/mol. The highest BCUT2D eigenvalue weighted by Gasteiger charge is 2.27. The van der Waals surface area contributed by atoms with Crippen LogP contribution in [0.3, 0.4) is 0 Å². The lowest BCUT2D eigenvalue weighted by molar-refractivity contribution is -0.142. The maximum atomic E-state index is 14.1. The van der Waals surface area contributed by atoms with Crippen molar-refractivity contribution in [2.24, 2.45) is 5.92 Å². The van der Waals surface area contributed by atoms with Gasteiger partial charge in [-0.1, -0.05) is 32.0 Å². The SMILES string of the molecule is CC(C)CNC(=O)C(C)N(Cc1ccccc1F)C(=O)COc1ccc(F)cc1. The van der Waals surface area contributed by atoms with E-state index in [1.165, 1.54) is 35.2 Å². The topological polar surface area (TPSA) is 58.6 Å². The van der Waals surface area contributed by atoms with Crippen LogP contribution in [-0.2, 0) is 16.1 Å². The van der Waals surface area contributed by atoms with Crippen LogP contribution >= 0.6 is 0 Å². The number of halogens is 2. The van der Waals surface area contributed by atoms with Crippen molar-refractivity contribution in [3.63, 3.8) is 0 Å². The molecule has 5 nitrogen and oxygen atoms in total. The Morgan fingerprint density at radius 2 is 1.69 bits per heavy atom. The summed E-state index contributed by atoms with van der Waals surface area (Å²) in [5, 5.41) is 2.79. The zero-order valence-electron chi connectivity index (χ0n) is 16.8. The molecule has 2 amide bonds. The largest absolute Gasteiger partial charge is 0.484 e. The third-order valence-electron chi connectivity index (χ3n) is 4.33. The van der Waals surface area contributed by atoms with Crippen molar-refractivity contribution in [2.75, 3.05) is 13.2 Å². The number of carbonyl (C=O) groups excluding carboxylic acids is 2. The molecule has 0 aliphatic heterocycles. The quantitative estimate of drug-likeness (QED) is 0.696. The highest BCUT2D eigenvalue weighted by atomic mass is 19.1. The third kappa shape index (κ3) is 6.85. The number of amides is 2. The molecule has 0 fully saturated rings. The number of nitrogens with one attached hydrogen (secondary N) is 1. The van der Waals surface area contributed by atoms with E-state index in [4.69, 9.17) is 4.74 Å². The van der Waals surface area contributed by atoms with Gasteiger partial charge < -0.3 is 15.0 Å². The van der Waals surface area contributed by atoms with Gasteiger partial charge in [0.05, 0.1) is 0 Å². The van der Waals surface area contributed by atoms with Crippen LogP contribution < -0.4 is 10.1 Å². The lowest BCUT2D eigenvalue weighted by atomic mass is 10.1. The van der Waals surface area contributed by atoms with E-state index in [1.807, 2.05) is 13.8 Å². The van der Waals surface area contributed by atoms with Gasteiger partial charge in [-0.2, -0.15) is 0 Å². The second-order valence-corrected chi connectivity index (χ2v) is 7.17. The lowest BCUT2D eigenvalue weighted by Gasteiger charge is -2.29. The maximum Gasteiger partial charge on any atom is 0.261 e. The van der Waals surface area contributed by atoms with Crippen molar-refractivity contribution < 1.29 is 23.1 Å². The number of ether oxygens (including phenoxy) is 1. The fourth-order valence-corrected chi connectivity index (χ4v) is 2.60. The van der Waals surface area contributed by atoms with Gasteiger partial charge in [-0.3, -0.25) is 9.59 Å². The summed E-state index contributed by atoms with van der Waals surface area (Å²) in [6.07, 6.45) is 0. The smallest absolute Gasteiger partial charge is 0.261 e. The summed E-state index contributed by atoms with van der Waals surface area (Å²) in [6.45, 7) is 5.55. The molecule has 0 aliphatic carbocycles. The molecule has 0 aromatic heterocycles. The predicted molar refractivity (Wildman–Crippen MR) is 106 cm³/mol. The number of hydrogen-bond acceptors (Lipinski definition) is 3. The molecule has 2 aromatic rings. The Labute approximate surface area is 169 Å². The number of benzene rings is 2. The molecular formula is C22H26F2N2O3. The van der Waals surface area contributed by atoms with Gasteiger partial charge in [0, 0.05) is 18.7 Å². The second-order valence-electron chi connectivity index (χ2n) is 7.17. The predicted octanol–water partition coefficient (Wildman–Crippen LogP) is 3.53. The van der Waals surface area contributed by atoms with E-state index >= 15 is 0 Å². The van der Waals surface area contributed by atoms with Gasteiger partial charge in [0.25, 0.3) is 5.91 Å². The first kappa shape index (κ1) is 22.3. The summed E-state index contributed by atoms with van der Waals surface area (Å²) >= 11 is 0. The van der Waals surface area contributed by atoms with Crippen molar-refractivity contribution in [3.05, 3.63) is 65.7 Å². The average Bonchev–Trinajstić information content (AvgIpc) is 2.70. The van der Waals surface area contributed by atoms with E-state index in [1.54, 1.807) is 25.1 Å². The highest BCUT2D eigenvalue weighted by molar-refractivity contribution is 5.87. The van der Waals surface area contributed by atoms with Gasteiger partial charge in [-0.15, -0.1) is 0 Å². The number of nitrogens with zero attached hydrogens (tertiary/aromatic N) is 1. The van der Waals surface area contributed by atoms with Gasteiger partial charge >= 0.3 is 0 Å². The first-order chi connectivity index (χ1) is 13.8. The van der Waals surface area contributed by atoms with Crippen molar-refractivity contribution in [1.82, 2.24) is 10.2 Å². The fourth-order valence-electron chi connectivity index (χ4n) is 2.60. The zero-order chi connectivity index (χ0) is 21.4. The summed E-state index contributed by atoms with van der Waals surface area (Å²) < 4.78 is 32.5. The minimum absolute atomic E-state index is 0.0749. The van der Waals surface area contributed by atoms with Crippen LogP contribution in [0, 0.1) is 17.6 Å². The summed E-state index contributed by atoms with van der Waals surface area (Å²) in [5.41, 5.74) is 0.297. The van der Waals surface area contributed by atoms with E-state index in [2.05, 4.69) is 5.32 Å². The Morgan fingerprint density at radius 1 is 1.03 bits per heavy atom. The highest BCUT2D eigenvalue weighted by Crippen LogP contribution is 2.15.